The van der Waals surface area contributed by atoms with E-state index in [0.29, 0.717) is 22.2 Å². The second kappa shape index (κ2) is 6.27. The fourth-order valence-corrected chi connectivity index (χ4v) is 4.16. The van der Waals surface area contributed by atoms with Crippen LogP contribution in [0.1, 0.15) is 11.3 Å². The van der Waals surface area contributed by atoms with Crippen LogP contribution in [0, 0.1) is 6.92 Å². The molecule has 0 aliphatic carbocycles. The van der Waals surface area contributed by atoms with Crippen molar-refractivity contribution >= 4 is 45.7 Å². The first kappa shape index (κ1) is 17.3. The molecule has 0 fully saturated rings. The van der Waals surface area contributed by atoms with Gasteiger partial charge in [0, 0.05) is 37.8 Å². The minimum Gasteiger partial charge on any atom is -0.340 e. The Balaban J connectivity index is 1.99. The molecule has 0 aliphatic heterocycles. The van der Waals surface area contributed by atoms with Crippen LogP contribution in [0.2, 0.25) is 15.1 Å². The molecule has 0 bridgehead atoms. The molecule has 0 amide bonds. The van der Waals surface area contributed by atoms with E-state index in [0.717, 1.165) is 22.2 Å². The zero-order valence-corrected chi connectivity index (χ0v) is 15.9. The lowest BCUT2D eigenvalue weighted by Gasteiger charge is -2.12. The lowest BCUT2D eigenvalue weighted by atomic mass is 9.98. The van der Waals surface area contributed by atoms with E-state index in [1.807, 2.05) is 35.8 Å². The summed E-state index contributed by atoms with van der Waals surface area (Å²) in [6.45, 7) is 2.34. The summed E-state index contributed by atoms with van der Waals surface area (Å²) in [6, 6.07) is 13.0. The third-order valence-electron chi connectivity index (χ3n) is 4.71. The molecule has 1 heterocycles. The molecule has 130 valence electrons. The monoisotopic (exact) mass is 403 g/mol. The van der Waals surface area contributed by atoms with Crippen LogP contribution in [0.5, 0.6) is 0 Å². The molecule has 0 atom stereocenters. The maximum Gasteiger partial charge on any atom is 0.245 e. The highest BCUT2D eigenvalue weighted by molar-refractivity contribution is 6.36. The molecule has 6 heteroatoms. The SMILES string of the molecule is Cc1c(-c2c(Cl)c(=O)c2=O)c2ccccc2n1Cc1c(Cl)cccc1Cl. The van der Waals surface area contributed by atoms with E-state index in [9.17, 15) is 9.59 Å². The highest BCUT2D eigenvalue weighted by atomic mass is 35.5. The van der Waals surface area contributed by atoms with Gasteiger partial charge in [0.05, 0.1) is 12.1 Å². The molecule has 0 radical (unpaired) electrons. The summed E-state index contributed by atoms with van der Waals surface area (Å²) in [5.41, 5.74) is 2.34. The summed E-state index contributed by atoms with van der Waals surface area (Å²) in [5, 5.41) is 2.01. The van der Waals surface area contributed by atoms with E-state index < -0.39 is 10.9 Å². The van der Waals surface area contributed by atoms with Gasteiger partial charge in [-0.1, -0.05) is 59.1 Å². The Hall–Kier alpha value is -2.07. The second-order valence-electron chi connectivity index (χ2n) is 6.11. The van der Waals surface area contributed by atoms with Crippen molar-refractivity contribution in [2.75, 3.05) is 0 Å². The number of nitrogens with zero attached hydrogens (tertiary/aromatic N) is 1. The second-order valence-corrected chi connectivity index (χ2v) is 7.30. The molecule has 0 spiro atoms. The van der Waals surface area contributed by atoms with Crippen LogP contribution in [0.4, 0.5) is 0 Å². The lowest BCUT2D eigenvalue weighted by Crippen LogP contribution is -2.33. The maximum absolute atomic E-state index is 12.1. The molecule has 4 aromatic rings. The molecular formula is C20H12Cl3NO2. The number of hydrogen-bond donors (Lipinski definition) is 0. The van der Waals surface area contributed by atoms with Crippen LogP contribution in [0.25, 0.3) is 22.0 Å². The predicted molar refractivity (Wildman–Crippen MR) is 108 cm³/mol. The normalized spacial score (nSPS) is 11.5. The Morgan fingerprint density at radius 1 is 0.846 bits per heavy atom. The van der Waals surface area contributed by atoms with Crippen molar-refractivity contribution in [2.24, 2.45) is 0 Å². The minimum absolute atomic E-state index is 0.00298. The summed E-state index contributed by atoms with van der Waals surface area (Å²) in [6.07, 6.45) is 0. The maximum atomic E-state index is 12.1. The van der Waals surface area contributed by atoms with Gasteiger partial charge in [0.15, 0.2) is 0 Å². The van der Waals surface area contributed by atoms with E-state index >= 15 is 0 Å². The lowest BCUT2D eigenvalue weighted by molar-refractivity contribution is 0.806. The summed E-state index contributed by atoms with van der Waals surface area (Å²) < 4.78 is 2.03. The van der Waals surface area contributed by atoms with Gasteiger partial charge in [-0.25, -0.2) is 0 Å². The van der Waals surface area contributed by atoms with Crippen molar-refractivity contribution in [3.05, 3.63) is 89.2 Å². The van der Waals surface area contributed by atoms with Crippen molar-refractivity contribution in [1.29, 1.82) is 0 Å². The topological polar surface area (TPSA) is 39.1 Å². The van der Waals surface area contributed by atoms with Gasteiger partial charge in [-0.3, -0.25) is 9.59 Å². The summed E-state index contributed by atoms with van der Waals surface area (Å²) >= 11 is 18.7. The van der Waals surface area contributed by atoms with E-state index in [4.69, 9.17) is 34.8 Å². The standard InChI is InChI=1S/C20H12Cl3NO2/c1-10-16(17-18(23)20(26)19(17)25)11-5-2-3-8-15(11)24(10)9-12-13(21)6-4-7-14(12)22/h2-8H,9H2,1H3. The molecule has 0 unspecified atom stereocenters. The zero-order valence-electron chi connectivity index (χ0n) is 13.6. The van der Waals surface area contributed by atoms with E-state index in [1.165, 1.54) is 0 Å². The van der Waals surface area contributed by atoms with Crippen LogP contribution < -0.4 is 10.9 Å². The number of hydrogen-bond acceptors (Lipinski definition) is 2. The number of fused-ring (bicyclic) bond motifs is 1. The molecule has 1 aromatic heterocycles. The van der Waals surface area contributed by atoms with Crippen molar-refractivity contribution < 1.29 is 0 Å². The van der Waals surface area contributed by atoms with Gasteiger partial charge in [-0.2, -0.15) is 0 Å². The van der Waals surface area contributed by atoms with Crippen LogP contribution in [-0.2, 0) is 6.54 Å². The zero-order chi connectivity index (χ0) is 18.6. The highest BCUT2D eigenvalue weighted by Crippen LogP contribution is 2.37. The Morgan fingerprint density at radius 3 is 2.15 bits per heavy atom. The Kier molecular flexibility index (Phi) is 4.19. The number of rotatable bonds is 3. The van der Waals surface area contributed by atoms with Crippen LogP contribution in [0.15, 0.2) is 52.1 Å². The largest absolute Gasteiger partial charge is 0.340 e. The molecule has 4 rings (SSSR count). The van der Waals surface area contributed by atoms with Gasteiger partial charge in [0.1, 0.15) is 5.02 Å². The van der Waals surface area contributed by atoms with Gasteiger partial charge in [0.2, 0.25) is 10.9 Å². The molecular weight excluding hydrogens is 393 g/mol. The van der Waals surface area contributed by atoms with Crippen molar-refractivity contribution in [2.45, 2.75) is 13.5 Å². The number of para-hydroxylation sites is 1. The molecule has 26 heavy (non-hydrogen) atoms. The molecule has 0 N–H and O–H groups in total. The minimum atomic E-state index is -0.632. The first-order valence-corrected chi connectivity index (χ1v) is 9.05. The Labute approximate surface area is 164 Å². The Morgan fingerprint density at radius 2 is 1.50 bits per heavy atom. The summed E-state index contributed by atoms with van der Waals surface area (Å²) in [4.78, 5) is 23.7. The molecule has 0 saturated heterocycles. The van der Waals surface area contributed by atoms with E-state index in [-0.39, 0.29) is 10.6 Å². The predicted octanol–water partition coefficient (Wildman–Crippen LogP) is 5.22. The fourth-order valence-electron chi connectivity index (χ4n) is 3.38. The number of aromatic nitrogens is 1. The van der Waals surface area contributed by atoms with Crippen molar-refractivity contribution in [1.82, 2.24) is 4.57 Å². The van der Waals surface area contributed by atoms with E-state index in [2.05, 4.69) is 0 Å². The first-order valence-electron chi connectivity index (χ1n) is 7.91. The third kappa shape index (κ3) is 2.43. The molecule has 3 aromatic carbocycles. The van der Waals surface area contributed by atoms with Gasteiger partial charge in [-0.05, 0) is 25.1 Å². The summed E-state index contributed by atoms with van der Waals surface area (Å²) in [5.74, 6) is 0. The Bertz CT molecular complexity index is 1230. The smallest absolute Gasteiger partial charge is 0.245 e. The first-order chi connectivity index (χ1) is 12.4. The average molecular weight is 405 g/mol. The van der Waals surface area contributed by atoms with Crippen molar-refractivity contribution in [3.8, 4) is 11.1 Å². The quantitative estimate of drug-likeness (QED) is 0.439. The molecule has 0 aliphatic rings. The third-order valence-corrected chi connectivity index (χ3v) is 5.78. The van der Waals surface area contributed by atoms with Crippen LogP contribution >= 0.6 is 34.8 Å². The van der Waals surface area contributed by atoms with Gasteiger partial charge in [-0.15, -0.1) is 0 Å². The molecule has 0 saturated carbocycles. The van der Waals surface area contributed by atoms with Gasteiger partial charge < -0.3 is 4.57 Å². The average Bonchev–Trinajstić information content (AvgIpc) is 2.90. The number of halogens is 3. The van der Waals surface area contributed by atoms with Crippen molar-refractivity contribution in [3.63, 3.8) is 0 Å². The van der Waals surface area contributed by atoms with E-state index in [1.54, 1.807) is 18.2 Å². The number of benzene rings is 2. The summed E-state index contributed by atoms with van der Waals surface area (Å²) in [7, 11) is 0. The highest BCUT2D eigenvalue weighted by Gasteiger charge is 2.26. The fraction of sp³-hybridized carbons (Fsp3) is 0.100. The van der Waals surface area contributed by atoms with Crippen LogP contribution in [-0.4, -0.2) is 4.57 Å². The van der Waals surface area contributed by atoms with Crippen LogP contribution in [0.3, 0.4) is 0 Å². The van der Waals surface area contributed by atoms with Gasteiger partial charge in [0.25, 0.3) is 0 Å². The van der Waals surface area contributed by atoms with Gasteiger partial charge >= 0.3 is 0 Å². The molecule has 3 nitrogen and oxygen atoms in total.